The molecule has 0 bridgehead atoms. The molecule has 3 rings (SSSR count). The van der Waals surface area contributed by atoms with E-state index in [2.05, 4.69) is 4.98 Å². The number of H-pyrrole nitrogens is 1. The summed E-state index contributed by atoms with van der Waals surface area (Å²) in [5.41, 5.74) is 1.65. The largest absolute Gasteiger partial charge is 0.462 e. The number of carbonyl (C=O) groups excluding carboxylic acids is 2. The third-order valence-corrected chi connectivity index (χ3v) is 7.04. The van der Waals surface area contributed by atoms with Gasteiger partial charge in [0.25, 0.3) is 5.91 Å². The van der Waals surface area contributed by atoms with E-state index < -0.39 is 21.8 Å². The molecule has 10 heteroatoms. The first-order valence-electron chi connectivity index (χ1n) is 9.58. The molecular weight excluding hydrogens is 413 g/mol. The minimum Gasteiger partial charge on any atom is -0.462 e. The Balaban J connectivity index is 1.74. The van der Waals surface area contributed by atoms with Crippen LogP contribution in [-0.2, 0) is 14.8 Å². The Bertz CT molecular complexity index is 1070. The standard InChI is InChI=1S/C20H24FN3O5S/c1-4-29-20(26)17-13(2)18(22-14(17)3)19(25)23-9-11-24(12-10-23)30(27,28)16-8-6-5-7-15(16)21/h5-8,22H,4,9-12H2,1-3H3. The fraction of sp³-hybridized carbons (Fsp3) is 0.400. The summed E-state index contributed by atoms with van der Waals surface area (Å²) in [6.45, 7) is 5.69. The summed E-state index contributed by atoms with van der Waals surface area (Å²) in [4.78, 5) is 29.2. The molecule has 1 aromatic carbocycles. The van der Waals surface area contributed by atoms with Crippen LogP contribution in [0.25, 0.3) is 0 Å². The van der Waals surface area contributed by atoms with Crippen molar-refractivity contribution < 1.29 is 27.1 Å². The van der Waals surface area contributed by atoms with Crippen LogP contribution in [0.2, 0.25) is 0 Å². The Hall–Kier alpha value is -2.72. The lowest BCUT2D eigenvalue weighted by atomic mass is 10.1. The first-order valence-corrected chi connectivity index (χ1v) is 11.0. The zero-order valence-electron chi connectivity index (χ0n) is 17.1. The second-order valence-corrected chi connectivity index (χ2v) is 8.88. The predicted molar refractivity (Wildman–Crippen MR) is 107 cm³/mol. The maximum absolute atomic E-state index is 14.0. The van der Waals surface area contributed by atoms with Crippen molar-refractivity contribution in [3.63, 3.8) is 0 Å². The third-order valence-electron chi connectivity index (χ3n) is 5.11. The zero-order valence-corrected chi connectivity index (χ0v) is 17.9. The highest BCUT2D eigenvalue weighted by atomic mass is 32.2. The van der Waals surface area contributed by atoms with Gasteiger partial charge in [-0.15, -0.1) is 0 Å². The number of nitrogens with one attached hydrogen (secondary N) is 1. The van der Waals surface area contributed by atoms with Gasteiger partial charge in [0.15, 0.2) is 0 Å². The molecule has 1 fully saturated rings. The molecule has 8 nitrogen and oxygen atoms in total. The molecule has 2 heterocycles. The van der Waals surface area contributed by atoms with Crippen molar-refractivity contribution in [1.82, 2.24) is 14.2 Å². The average Bonchev–Trinajstić information content (AvgIpc) is 3.02. The number of aromatic nitrogens is 1. The average molecular weight is 437 g/mol. The minimum absolute atomic E-state index is 0.0475. The van der Waals surface area contributed by atoms with Crippen LogP contribution >= 0.6 is 0 Å². The van der Waals surface area contributed by atoms with E-state index in [0.29, 0.717) is 16.8 Å². The number of halogens is 1. The van der Waals surface area contributed by atoms with Gasteiger partial charge in [-0.1, -0.05) is 12.1 Å². The van der Waals surface area contributed by atoms with Crippen LogP contribution in [0.5, 0.6) is 0 Å². The summed E-state index contributed by atoms with van der Waals surface area (Å²) < 4.78 is 45.6. The normalized spacial score (nSPS) is 15.3. The number of hydrogen-bond acceptors (Lipinski definition) is 5. The molecule has 162 valence electrons. The molecule has 1 aliphatic rings. The molecule has 1 aromatic heterocycles. The van der Waals surface area contributed by atoms with Gasteiger partial charge in [0.2, 0.25) is 10.0 Å². The highest BCUT2D eigenvalue weighted by molar-refractivity contribution is 7.89. The van der Waals surface area contributed by atoms with E-state index in [9.17, 15) is 22.4 Å². The van der Waals surface area contributed by atoms with Gasteiger partial charge >= 0.3 is 5.97 Å². The Kier molecular flexibility index (Phi) is 6.27. The number of aromatic amines is 1. The van der Waals surface area contributed by atoms with Crippen LogP contribution in [0.3, 0.4) is 0 Å². The van der Waals surface area contributed by atoms with E-state index in [0.717, 1.165) is 6.07 Å². The molecule has 1 saturated heterocycles. The van der Waals surface area contributed by atoms with Crippen LogP contribution in [0, 0.1) is 19.7 Å². The minimum atomic E-state index is -3.98. The molecule has 0 spiro atoms. The number of benzene rings is 1. The second kappa shape index (κ2) is 8.57. The monoisotopic (exact) mass is 437 g/mol. The molecule has 0 unspecified atom stereocenters. The Morgan fingerprint density at radius 2 is 1.77 bits per heavy atom. The Morgan fingerprint density at radius 1 is 1.13 bits per heavy atom. The molecule has 1 N–H and O–H groups in total. The molecule has 0 atom stereocenters. The van der Waals surface area contributed by atoms with Crippen molar-refractivity contribution >= 4 is 21.9 Å². The highest BCUT2D eigenvalue weighted by Gasteiger charge is 2.33. The van der Waals surface area contributed by atoms with Gasteiger partial charge in [-0.3, -0.25) is 4.79 Å². The lowest BCUT2D eigenvalue weighted by molar-refractivity contribution is 0.0525. The molecule has 30 heavy (non-hydrogen) atoms. The van der Waals surface area contributed by atoms with Crippen LogP contribution in [0.15, 0.2) is 29.2 Å². The van der Waals surface area contributed by atoms with E-state index in [-0.39, 0.29) is 49.3 Å². The number of esters is 1. The third kappa shape index (κ3) is 3.97. The summed E-state index contributed by atoms with van der Waals surface area (Å²) >= 11 is 0. The molecular formula is C20H24FN3O5S. The summed E-state index contributed by atoms with van der Waals surface area (Å²) in [7, 11) is -3.98. The first-order chi connectivity index (χ1) is 14.2. The molecule has 0 saturated carbocycles. The summed E-state index contributed by atoms with van der Waals surface area (Å²) in [5.74, 6) is -1.63. The lowest BCUT2D eigenvalue weighted by Gasteiger charge is -2.34. The van der Waals surface area contributed by atoms with E-state index in [1.54, 1.807) is 20.8 Å². The van der Waals surface area contributed by atoms with Crippen molar-refractivity contribution in [2.75, 3.05) is 32.8 Å². The SMILES string of the molecule is CCOC(=O)c1c(C)[nH]c(C(=O)N2CCN(S(=O)(=O)c3ccccc3F)CC2)c1C. The zero-order chi connectivity index (χ0) is 22.1. The van der Waals surface area contributed by atoms with Gasteiger partial charge in [-0.05, 0) is 38.5 Å². The number of nitrogens with zero attached hydrogens (tertiary/aromatic N) is 2. The number of carbonyl (C=O) groups is 2. The van der Waals surface area contributed by atoms with Gasteiger partial charge in [0.1, 0.15) is 16.4 Å². The number of hydrogen-bond donors (Lipinski definition) is 1. The molecule has 0 aliphatic carbocycles. The van der Waals surface area contributed by atoms with Crippen molar-refractivity contribution in [3.8, 4) is 0 Å². The fourth-order valence-electron chi connectivity index (χ4n) is 3.56. The van der Waals surface area contributed by atoms with Gasteiger partial charge in [0.05, 0.1) is 12.2 Å². The highest BCUT2D eigenvalue weighted by Crippen LogP contribution is 2.23. The number of piperazine rings is 1. The van der Waals surface area contributed by atoms with Crippen LogP contribution in [-0.4, -0.2) is 67.3 Å². The number of aryl methyl sites for hydroxylation is 1. The second-order valence-electron chi connectivity index (χ2n) is 6.97. The summed E-state index contributed by atoms with van der Waals surface area (Å²) in [6.07, 6.45) is 0. The van der Waals surface area contributed by atoms with Crippen molar-refractivity contribution in [2.24, 2.45) is 0 Å². The van der Waals surface area contributed by atoms with Crippen molar-refractivity contribution in [1.29, 1.82) is 0 Å². The Morgan fingerprint density at radius 3 is 2.37 bits per heavy atom. The predicted octanol–water partition coefficient (Wildman–Crippen LogP) is 2.09. The number of sulfonamides is 1. The van der Waals surface area contributed by atoms with Crippen molar-refractivity contribution in [3.05, 3.63) is 52.6 Å². The van der Waals surface area contributed by atoms with Crippen LogP contribution < -0.4 is 0 Å². The van der Waals surface area contributed by atoms with Gasteiger partial charge in [0, 0.05) is 31.9 Å². The maximum atomic E-state index is 14.0. The molecule has 1 amide bonds. The Labute approximate surface area is 174 Å². The summed E-state index contributed by atoms with van der Waals surface area (Å²) in [6, 6.07) is 5.22. The maximum Gasteiger partial charge on any atom is 0.340 e. The van der Waals surface area contributed by atoms with E-state index in [4.69, 9.17) is 4.74 Å². The van der Waals surface area contributed by atoms with Crippen LogP contribution in [0.4, 0.5) is 4.39 Å². The fourth-order valence-corrected chi connectivity index (χ4v) is 5.04. The van der Waals surface area contributed by atoms with Gasteiger partial charge in [-0.2, -0.15) is 4.31 Å². The van der Waals surface area contributed by atoms with Crippen LogP contribution in [0.1, 0.15) is 39.0 Å². The quantitative estimate of drug-likeness (QED) is 0.722. The van der Waals surface area contributed by atoms with Gasteiger partial charge in [-0.25, -0.2) is 17.6 Å². The molecule has 2 aromatic rings. The number of ether oxygens (including phenoxy) is 1. The molecule has 1 aliphatic heterocycles. The number of rotatable bonds is 5. The van der Waals surface area contributed by atoms with E-state index in [1.165, 1.54) is 27.4 Å². The smallest absolute Gasteiger partial charge is 0.340 e. The lowest BCUT2D eigenvalue weighted by Crippen LogP contribution is -2.50. The van der Waals surface area contributed by atoms with Gasteiger partial charge < -0.3 is 14.6 Å². The first kappa shape index (κ1) is 22.0. The van der Waals surface area contributed by atoms with E-state index >= 15 is 0 Å². The number of amides is 1. The molecule has 0 radical (unpaired) electrons. The topological polar surface area (TPSA) is 99.8 Å². The van der Waals surface area contributed by atoms with Crippen molar-refractivity contribution in [2.45, 2.75) is 25.7 Å². The summed E-state index contributed by atoms with van der Waals surface area (Å²) in [5, 5.41) is 0. The van der Waals surface area contributed by atoms with E-state index in [1.807, 2.05) is 0 Å².